The molecule has 2 aromatic heterocycles. The van der Waals surface area contributed by atoms with Gasteiger partial charge in [-0.3, -0.25) is 4.79 Å². The zero-order valence-corrected chi connectivity index (χ0v) is 17.8. The van der Waals surface area contributed by atoms with Gasteiger partial charge in [-0.1, -0.05) is 23.2 Å². The normalized spacial score (nSPS) is 11.7. The summed E-state index contributed by atoms with van der Waals surface area (Å²) in [5, 5.41) is 3.58. The first-order valence-electron chi connectivity index (χ1n) is 9.26. The second-order valence-electron chi connectivity index (χ2n) is 6.50. The highest BCUT2D eigenvalue weighted by Crippen LogP contribution is 2.25. The predicted octanol–water partition coefficient (Wildman–Crippen LogP) is 5.53. The largest absolute Gasteiger partial charge is 0.481 e. The fourth-order valence-corrected chi connectivity index (χ4v) is 3.01. The van der Waals surface area contributed by atoms with Gasteiger partial charge in [0.05, 0.1) is 22.3 Å². The van der Waals surface area contributed by atoms with Gasteiger partial charge in [0.1, 0.15) is 11.5 Å². The van der Waals surface area contributed by atoms with Gasteiger partial charge >= 0.3 is 0 Å². The number of nitrogens with zero attached hydrogens (tertiary/aromatic N) is 3. The molecule has 0 aliphatic rings. The summed E-state index contributed by atoms with van der Waals surface area (Å²) in [6.07, 6.45) is 2.31. The highest BCUT2D eigenvalue weighted by molar-refractivity contribution is 6.33. The number of nitrogens with one attached hydrogen (secondary N) is 1. The number of hydrogen-bond acceptors (Lipinski definition) is 6. The van der Waals surface area contributed by atoms with E-state index in [9.17, 15) is 4.79 Å². The van der Waals surface area contributed by atoms with Gasteiger partial charge < -0.3 is 14.8 Å². The van der Waals surface area contributed by atoms with Crippen molar-refractivity contribution in [3.05, 3.63) is 77.0 Å². The minimum absolute atomic E-state index is 0.284. The molecule has 0 spiro atoms. The quantitative estimate of drug-likeness (QED) is 0.412. The third kappa shape index (κ3) is 5.20. The van der Waals surface area contributed by atoms with Crippen LogP contribution in [0.15, 0.2) is 67.0 Å². The number of amides is 1. The van der Waals surface area contributed by atoms with Gasteiger partial charge in [-0.15, -0.1) is 0 Å². The minimum Gasteiger partial charge on any atom is -0.481 e. The summed E-state index contributed by atoms with van der Waals surface area (Å²) in [5.41, 5.74) is 1.36. The number of carbonyl (C=O) groups is 1. The van der Waals surface area contributed by atoms with Gasteiger partial charge in [0.2, 0.25) is 5.88 Å². The molecule has 156 valence electrons. The molecule has 0 saturated carbocycles. The Bertz CT molecular complexity index is 1240. The number of hydrogen-bond donors (Lipinski definition) is 1. The average molecular weight is 455 g/mol. The van der Waals surface area contributed by atoms with Crippen molar-refractivity contribution in [2.45, 2.75) is 13.0 Å². The Hall–Kier alpha value is -3.42. The molecule has 1 atom stereocenters. The molecule has 0 radical (unpaired) electrons. The van der Waals surface area contributed by atoms with E-state index < -0.39 is 6.10 Å². The molecule has 31 heavy (non-hydrogen) atoms. The fraction of sp³-hybridized carbons (Fsp3) is 0.0909. The Balaban J connectivity index is 1.38. The lowest BCUT2D eigenvalue weighted by molar-refractivity contribution is -0.122. The van der Waals surface area contributed by atoms with Crippen molar-refractivity contribution >= 4 is 46.0 Å². The molecule has 4 rings (SSSR count). The Labute approximate surface area is 188 Å². The molecular formula is C22H16Cl2N4O3. The van der Waals surface area contributed by atoms with Crippen LogP contribution in [0.25, 0.3) is 11.0 Å². The fourth-order valence-electron chi connectivity index (χ4n) is 2.68. The third-order valence-electron chi connectivity index (χ3n) is 4.21. The molecule has 0 aliphatic heterocycles. The van der Waals surface area contributed by atoms with Gasteiger partial charge in [0.25, 0.3) is 5.91 Å². The zero-order valence-electron chi connectivity index (χ0n) is 16.3. The molecule has 1 unspecified atom stereocenters. The second kappa shape index (κ2) is 9.16. The lowest BCUT2D eigenvalue weighted by atomic mass is 10.3. The zero-order chi connectivity index (χ0) is 21.8. The third-order valence-corrected chi connectivity index (χ3v) is 4.75. The molecule has 2 aromatic carbocycles. The first-order valence-corrected chi connectivity index (χ1v) is 10.0. The Kier molecular flexibility index (Phi) is 6.16. The molecule has 4 aromatic rings. The molecule has 0 aliphatic carbocycles. The standard InChI is InChI=1S/C22H16Cl2N4O3/c1-13(22(29)28-21-17(24)3-2-10-25-21)30-15-5-7-16(8-6-15)31-20-12-26-19-11-14(23)4-9-18(19)27-20/h2-13H,1H3,(H,25,28,29). The molecule has 1 N–H and O–H groups in total. The van der Waals surface area contributed by atoms with Crippen molar-refractivity contribution in [1.29, 1.82) is 0 Å². The molecule has 9 heteroatoms. The average Bonchev–Trinajstić information content (AvgIpc) is 2.76. The van der Waals surface area contributed by atoms with Gasteiger partial charge in [-0.2, -0.15) is 0 Å². The molecule has 0 fully saturated rings. The van der Waals surface area contributed by atoms with Gasteiger partial charge in [0, 0.05) is 11.2 Å². The van der Waals surface area contributed by atoms with Crippen molar-refractivity contribution in [3.8, 4) is 17.4 Å². The molecule has 7 nitrogen and oxygen atoms in total. The first kappa shape index (κ1) is 20.8. The van der Waals surface area contributed by atoms with Crippen molar-refractivity contribution < 1.29 is 14.3 Å². The van der Waals surface area contributed by atoms with Gasteiger partial charge in [-0.25, -0.2) is 15.0 Å². The van der Waals surface area contributed by atoms with E-state index in [0.29, 0.717) is 38.5 Å². The van der Waals surface area contributed by atoms with E-state index in [4.69, 9.17) is 32.7 Å². The number of pyridine rings is 1. The maximum Gasteiger partial charge on any atom is 0.266 e. The Morgan fingerprint density at radius 3 is 2.55 bits per heavy atom. The van der Waals surface area contributed by atoms with Crippen LogP contribution in [-0.2, 0) is 4.79 Å². The number of benzene rings is 2. The number of anilines is 1. The molecule has 2 heterocycles. The monoisotopic (exact) mass is 454 g/mol. The molecule has 0 saturated heterocycles. The van der Waals surface area contributed by atoms with E-state index in [0.717, 1.165) is 0 Å². The Morgan fingerprint density at radius 1 is 1.00 bits per heavy atom. The number of ether oxygens (including phenoxy) is 2. The lowest BCUT2D eigenvalue weighted by Gasteiger charge is -2.15. The summed E-state index contributed by atoms with van der Waals surface area (Å²) in [6.45, 7) is 1.63. The van der Waals surface area contributed by atoms with Gasteiger partial charge in [-0.05, 0) is 61.5 Å². The molecular weight excluding hydrogens is 439 g/mol. The van der Waals surface area contributed by atoms with Crippen molar-refractivity contribution in [2.24, 2.45) is 0 Å². The van der Waals surface area contributed by atoms with E-state index in [1.54, 1.807) is 67.7 Å². The van der Waals surface area contributed by atoms with Crippen LogP contribution in [0.5, 0.6) is 17.4 Å². The number of aromatic nitrogens is 3. The summed E-state index contributed by atoms with van der Waals surface area (Å²) in [4.78, 5) is 25.1. The van der Waals surface area contributed by atoms with Crippen molar-refractivity contribution in [3.63, 3.8) is 0 Å². The highest BCUT2D eigenvalue weighted by Gasteiger charge is 2.16. The lowest BCUT2D eigenvalue weighted by Crippen LogP contribution is -2.30. The van der Waals surface area contributed by atoms with Crippen molar-refractivity contribution in [2.75, 3.05) is 5.32 Å². The summed E-state index contributed by atoms with van der Waals surface area (Å²) >= 11 is 12.0. The predicted molar refractivity (Wildman–Crippen MR) is 119 cm³/mol. The smallest absolute Gasteiger partial charge is 0.266 e. The van der Waals surface area contributed by atoms with Crippen LogP contribution in [0.3, 0.4) is 0 Å². The number of rotatable bonds is 6. The van der Waals surface area contributed by atoms with Gasteiger partial charge in [0.15, 0.2) is 11.9 Å². The van der Waals surface area contributed by atoms with Crippen LogP contribution in [0, 0.1) is 0 Å². The van der Waals surface area contributed by atoms with E-state index in [2.05, 4.69) is 20.3 Å². The summed E-state index contributed by atoms with van der Waals surface area (Å²) in [7, 11) is 0. The van der Waals surface area contributed by atoms with Crippen molar-refractivity contribution in [1.82, 2.24) is 15.0 Å². The van der Waals surface area contributed by atoms with Crippen LogP contribution in [-0.4, -0.2) is 27.0 Å². The highest BCUT2D eigenvalue weighted by atomic mass is 35.5. The second-order valence-corrected chi connectivity index (χ2v) is 7.34. The summed E-state index contributed by atoms with van der Waals surface area (Å²) in [6, 6.07) is 15.4. The SMILES string of the molecule is CC(Oc1ccc(Oc2cnc3cc(Cl)ccc3n2)cc1)C(=O)Nc1ncccc1Cl. The molecule has 1 amide bonds. The van der Waals surface area contributed by atoms with Crippen LogP contribution >= 0.6 is 23.2 Å². The maximum atomic E-state index is 12.3. The summed E-state index contributed by atoms with van der Waals surface area (Å²) < 4.78 is 11.4. The Morgan fingerprint density at radius 2 is 1.77 bits per heavy atom. The molecule has 0 bridgehead atoms. The topological polar surface area (TPSA) is 86.2 Å². The maximum absolute atomic E-state index is 12.3. The van der Waals surface area contributed by atoms with Crippen LogP contribution in [0.4, 0.5) is 5.82 Å². The summed E-state index contributed by atoms with van der Waals surface area (Å²) in [5.74, 6) is 1.32. The van der Waals surface area contributed by atoms with E-state index >= 15 is 0 Å². The number of fused-ring (bicyclic) bond motifs is 1. The van der Waals surface area contributed by atoms with Crippen LogP contribution in [0.2, 0.25) is 10.0 Å². The van der Waals surface area contributed by atoms with E-state index in [1.807, 2.05) is 0 Å². The van der Waals surface area contributed by atoms with E-state index in [1.165, 1.54) is 6.20 Å². The van der Waals surface area contributed by atoms with Crippen LogP contribution < -0.4 is 14.8 Å². The first-order chi connectivity index (χ1) is 15.0. The number of carbonyl (C=O) groups excluding carboxylic acids is 1. The van der Waals surface area contributed by atoms with Crippen LogP contribution in [0.1, 0.15) is 6.92 Å². The van der Waals surface area contributed by atoms with E-state index in [-0.39, 0.29) is 11.7 Å². The minimum atomic E-state index is -0.761. The number of halogens is 2.